The molecule has 0 saturated heterocycles. The Hall–Kier alpha value is -2.89. The number of nitrogens with zero attached hydrogens (tertiary/aromatic N) is 1. The number of para-hydroxylation sites is 2. The Balaban J connectivity index is 1.78. The molecule has 0 radical (unpaired) electrons. The minimum atomic E-state index is -0.877. The van der Waals surface area contributed by atoms with Crippen LogP contribution in [-0.2, 0) is 20.7 Å². The summed E-state index contributed by atoms with van der Waals surface area (Å²) in [6.07, 6.45) is -0.464. The van der Waals surface area contributed by atoms with Crippen molar-refractivity contribution in [2.45, 2.75) is 18.9 Å². The Labute approximate surface area is 145 Å². The van der Waals surface area contributed by atoms with E-state index in [0.29, 0.717) is 17.0 Å². The third kappa shape index (κ3) is 3.63. The number of halogens is 1. The molecule has 0 bridgehead atoms. The highest BCUT2D eigenvalue weighted by molar-refractivity contribution is 5.96. The monoisotopic (exact) mass is 343 g/mol. The molecule has 1 unspecified atom stereocenters. The van der Waals surface area contributed by atoms with Crippen LogP contribution in [0.3, 0.4) is 0 Å². The molecule has 0 saturated carbocycles. The van der Waals surface area contributed by atoms with E-state index in [4.69, 9.17) is 9.47 Å². The van der Waals surface area contributed by atoms with E-state index in [1.165, 1.54) is 18.1 Å². The summed E-state index contributed by atoms with van der Waals surface area (Å²) in [4.78, 5) is 26.0. The molecule has 5 nitrogen and oxygen atoms in total. The SMILES string of the molecule is COC(=O)C1CN(C(=O)CCc2ccccc2F)c2ccccc2O1. The van der Waals surface area contributed by atoms with E-state index in [1.807, 2.05) is 0 Å². The third-order valence-corrected chi connectivity index (χ3v) is 4.10. The summed E-state index contributed by atoms with van der Waals surface area (Å²) in [6.45, 7) is 0.0692. The standard InChI is InChI=1S/C19H18FNO4/c1-24-19(23)17-12-21(15-8-4-5-9-16(15)25-17)18(22)11-10-13-6-2-3-7-14(13)20/h2-9,17H,10-12H2,1H3. The number of hydrogen-bond acceptors (Lipinski definition) is 4. The summed E-state index contributed by atoms with van der Waals surface area (Å²) in [7, 11) is 1.27. The summed E-state index contributed by atoms with van der Waals surface area (Å²) in [6, 6.07) is 13.4. The first kappa shape index (κ1) is 17.0. The maximum Gasteiger partial charge on any atom is 0.348 e. The molecule has 25 heavy (non-hydrogen) atoms. The molecule has 130 valence electrons. The fraction of sp³-hybridized carbons (Fsp3) is 0.263. The van der Waals surface area contributed by atoms with E-state index in [9.17, 15) is 14.0 Å². The van der Waals surface area contributed by atoms with E-state index in [0.717, 1.165) is 0 Å². The van der Waals surface area contributed by atoms with Crippen LogP contribution < -0.4 is 9.64 Å². The molecule has 0 spiro atoms. The summed E-state index contributed by atoms with van der Waals surface area (Å²) in [5.74, 6) is -0.622. The first-order chi connectivity index (χ1) is 12.1. The smallest absolute Gasteiger partial charge is 0.348 e. The lowest BCUT2D eigenvalue weighted by atomic mass is 10.1. The van der Waals surface area contributed by atoms with E-state index in [1.54, 1.807) is 42.5 Å². The van der Waals surface area contributed by atoms with Crippen molar-refractivity contribution in [3.63, 3.8) is 0 Å². The third-order valence-electron chi connectivity index (χ3n) is 4.10. The van der Waals surface area contributed by atoms with Crippen LogP contribution >= 0.6 is 0 Å². The Bertz CT molecular complexity index is 792. The molecule has 3 rings (SSSR count). The number of ether oxygens (including phenoxy) is 2. The average molecular weight is 343 g/mol. The number of benzene rings is 2. The van der Waals surface area contributed by atoms with E-state index >= 15 is 0 Å². The zero-order valence-corrected chi connectivity index (χ0v) is 13.8. The molecule has 1 heterocycles. The fourth-order valence-corrected chi connectivity index (χ4v) is 2.80. The van der Waals surface area contributed by atoms with Crippen molar-refractivity contribution in [1.82, 2.24) is 0 Å². The topological polar surface area (TPSA) is 55.8 Å². The Morgan fingerprint density at radius 1 is 1.20 bits per heavy atom. The molecule has 1 amide bonds. The summed E-state index contributed by atoms with van der Waals surface area (Å²) < 4.78 is 24.1. The predicted octanol–water partition coefficient (Wildman–Crippen LogP) is 2.73. The number of methoxy groups -OCH3 is 1. The van der Waals surface area contributed by atoms with Gasteiger partial charge in [-0.05, 0) is 30.2 Å². The molecule has 1 atom stereocenters. The van der Waals surface area contributed by atoms with Gasteiger partial charge in [-0.1, -0.05) is 30.3 Å². The molecule has 1 aliphatic heterocycles. The highest BCUT2D eigenvalue weighted by atomic mass is 19.1. The Morgan fingerprint density at radius 2 is 1.92 bits per heavy atom. The number of hydrogen-bond donors (Lipinski definition) is 0. The van der Waals surface area contributed by atoms with Gasteiger partial charge in [0.05, 0.1) is 19.3 Å². The van der Waals surface area contributed by atoms with Crippen molar-refractivity contribution in [3.8, 4) is 5.75 Å². The highest BCUT2D eigenvalue weighted by Crippen LogP contribution is 2.33. The van der Waals surface area contributed by atoms with Crippen LogP contribution in [0.2, 0.25) is 0 Å². The first-order valence-electron chi connectivity index (χ1n) is 7.97. The van der Waals surface area contributed by atoms with Gasteiger partial charge in [-0.3, -0.25) is 4.79 Å². The number of rotatable bonds is 4. The number of esters is 1. The zero-order valence-electron chi connectivity index (χ0n) is 13.8. The molecule has 0 aliphatic carbocycles. The lowest BCUT2D eigenvalue weighted by Gasteiger charge is -2.33. The number of fused-ring (bicyclic) bond motifs is 1. The molecule has 1 aliphatic rings. The van der Waals surface area contributed by atoms with Crippen LogP contribution in [0, 0.1) is 5.82 Å². The van der Waals surface area contributed by atoms with Gasteiger partial charge >= 0.3 is 5.97 Å². The molecule has 0 N–H and O–H groups in total. The van der Waals surface area contributed by atoms with Gasteiger partial charge in [0.1, 0.15) is 11.6 Å². The van der Waals surface area contributed by atoms with Gasteiger partial charge in [0.2, 0.25) is 12.0 Å². The van der Waals surface area contributed by atoms with Crippen LogP contribution in [0.15, 0.2) is 48.5 Å². The van der Waals surface area contributed by atoms with Gasteiger partial charge in [0.15, 0.2) is 0 Å². The average Bonchev–Trinajstić information content (AvgIpc) is 2.65. The van der Waals surface area contributed by atoms with Gasteiger partial charge < -0.3 is 14.4 Å². The van der Waals surface area contributed by atoms with Gasteiger partial charge in [0.25, 0.3) is 0 Å². The van der Waals surface area contributed by atoms with Crippen molar-refractivity contribution >= 4 is 17.6 Å². The molecule has 0 aromatic heterocycles. The lowest BCUT2D eigenvalue weighted by molar-refractivity contribution is -0.148. The maximum atomic E-state index is 13.7. The van der Waals surface area contributed by atoms with Crippen LogP contribution in [0.4, 0.5) is 10.1 Å². The number of amides is 1. The minimum Gasteiger partial charge on any atom is -0.475 e. The predicted molar refractivity (Wildman–Crippen MR) is 89.9 cm³/mol. The van der Waals surface area contributed by atoms with Crippen LogP contribution in [0.25, 0.3) is 0 Å². The normalized spacial score (nSPS) is 15.9. The largest absolute Gasteiger partial charge is 0.475 e. The zero-order chi connectivity index (χ0) is 17.8. The number of anilines is 1. The van der Waals surface area contributed by atoms with Crippen LogP contribution in [-0.4, -0.2) is 31.6 Å². The number of aryl methyl sites for hydroxylation is 1. The van der Waals surface area contributed by atoms with Crippen molar-refractivity contribution in [2.75, 3.05) is 18.6 Å². The lowest BCUT2D eigenvalue weighted by Crippen LogP contribution is -2.47. The molecule has 2 aromatic carbocycles. The van der Waals surface area contributed by atoms with E-state index < -0.39 is 12.1 Å². The quantitative estimate of drug-likeness (QED) is 0.801. The number of carbonyl (C=O) groups excluding carboxylic acids is 2. The van der Waals surface area contributed by atoms with Gasteiger partial charge in [-0.15, -0.1) is 0 Å². The second-order valence-corrected chi connectivity index (χ2v) is 5.69. The number of carbonyl (C=O) groups is 2. The maximum absolute atomic E-state index is 13.7. The van der Waals surface area contributed by atoms with Crippen molar-refractivity contribution in [2.24, 2.45) is 0 Å². The van der Waals surface area contributed by atoms with Crippen molar-refractivity contribution < 1.29 is 23.5 Å². The second kappa shape index (κ2) is 7.34. The highest BCUT2D eigenvalue weighted by Gasteiger charge is 2.34. The summed E-state index contributed by atoms with van der Waals surface area (Å²) in [5, 5.41) is 0. The van der Waals surface area contributed by atoms with Gasteiger partial charge in [-0.2, -0.15) is 0 Å². The summed E-state index contributed by atoms with van der Waals surface area (Å²) in [5.41, 5.74) is 1.09. The molecular formula is C19H18FNO4. The minimum absolute atomic E-state index is 0.0692. The van der Waals surface area contributed by atoms with Gasteiger partial charge in [0, 0.05) is 6.42 Å². The fourth-order valence-electron chi connectivity index (χ4n) is 2.80. The Morgan fingerprint density at radius 3 is 2.68 bits per heavy atom. The van der Waals surface area contributed by atoms with Gasteiger partial charge in [-0.25, -0.2) is 9.18 Å². The van der Waals surface area contributed by atoms with Crippen LogP contribution in [0.1, 0.15) is 12.0 Å². The molecule has 6 heteroatoms. The van der Waals surface area contributed by atoms with Crippen molar-refractivity contribution in [3.05, 3.63) is 59.9 Å². The van der Waals surface area contributed by atoms with Crippen molar-refractivity contribution in [1.29, 1.82) is 0 Å². The molecule has 0 fully saturated rings. The first-order valence-corrected chi connectivity index (χ1v) is 7.97. The Kier molecular flexibility index (Phi) is 4.97. The summed E-state index contributed by atoms with van der Waals surface area (Å²) >= 11 is 0. The second-order valence-electron chi connectivity index (χ2n) is 5.69. The molecular weight excluding hydrogens is 325 g/mol. The molecule has 2 aromatic rings. The van der Waals surface area contributed by atoms with E-state index in [-0.39, 0.29) is 31.1 Å². The van der Waals surface area contributed by atoms with E-state index in [2.05, 4.69) is 0 Å². The van der Waals surface area contributed by atoms with Crippen LogP contribution in [0.5, 0.6) is 5.75 Å².